The van der Waals surface area contributed by atoms with Crippen LogP contribution in [0.1, 0.15) is 6.42 Å². The summed E-state index contributed by atoms with van der Waals surface area (Å²) < 4.78 is 26.3. The molecule has 0 atom stereocenters. The SMILES string of the molecule is NC(=O)CN1CCCN(S(=O)(=O)c2cnc(Cl)nc2)CC1. The van der Waals surface area contributed by atoms with Gasteiger partial charge in [-0.2, -0.15) is 4.31 Å². The smallest absolute Gasteiger partial charge is 0.246 e. The van der Waals surface area contributed by atoms with Gasteiger partial charge in [0.25, 0.3) is 0 Å². The number of hydrogen-bond acceptors (Lipinski definition) is 6. The van der Waals surface area contributed by atoms with Gasteiger partial charge in [0.2, 0.25) is 21.2 Å². The lowest BCUT2D eigenvalue weighted by molar-refractivity contribution is -0.119. The van der Waals surface area contributed by atoms with Gasteiger partial charge in [-0.1, -0.05) is 0 Å². The van der Waals surface area contributed by atoms with Crippen molar-refractivity contribution in [3.05, 3.63) is 17.7 Å². The molecule has 1 amide bonds. The number of nitrogens with zero attached hydrogens (tertiary/aromatic N) is 4. The molecule has 8 nitrogen and oxygen atoms in total. The number of carbonyl (C=O) groups excluding carboxylic acids is 1. The minimum absolute atomic E-state index is 0.00236. The van der Waals surface area contributed by atoms with Gasteiger partial charge >= 0.3 is 0 Å². The van der Waals surface area contributed by atoms with Crippen molar-refractivity contribution in [2.75, 3.05) is 32.7 Å². The van der Waals surface area contributed by atoms with E-state index in [1.807, 2.05) is 4.90 Å². The lowest BCUT2D eigenvalue weighted by Crippen LogP contribution is -2.38. The molecule has 21 heavy (non-hydrogen) atoms. The van der Waals surface area contributed by atoms with Crippen molar-refractivity contribution in [2.45, 2.75) is 11.3 Å². The molecule has 1 saturated heterocycles. The number of primary amides is 1. The Labute approximate surface area is 128 Å². The van der Waals surface area contributed by atoms with Gasteiger partial charge in [0.15, 0.2) is 0 Å². The minimum atomic E-state index is -3.65. The predicted molar refractivity (Wildman–Crippen MR) is 76.1 cm³/mol. The zero-order valence-corrected chi connectivity index (χ0v) is 12.8. The molecule has 1 aromatic rings. The molecule has 2 rings (SSSR count). The van der Waals surface area contributed by atoms with Crippen molar-refractivity contribution in [2.24, 2.45) is 5.73 Å². The van der Waals surface area contributed by atoms with Gasteiger partial charge in [-0.05, 0) is 24.6 Å². The third-order valence-corrected chi connectivity index (χ3v) is 5.21. The lowest BCUT2D eigenvalue weighted by Gasteiger charge is -2.20. The third-order valence-electron chi connectivity index (χ3n) is 3.16. The minimum Gasteiger partial charge on any atom is -0.369 e. The van der Waals surface area contributed by atoms with Crippen molar-refractivity contribution in [1.29, 1.82) is 0 Å². The van der Waals surface area contributed by atoms with Crippen molar-refractivity contribution >= 4 is 27.5 Å². The summed E-state index contributed by atoms with van der Waals surface area (Å²) in [6.45, 7) is 1.89. The van der Waals surface area contributed by atoms with Crippen LogP contribution in [-0.2, 0) is 14.8 Å². The number of hydrogen-bond donors (Lipinski definition) is 1. The van der Waals surface area contributed by atoms with Crippen molar-refractivity contribution in [3.63, 3.8) is 0 Å². The van der Waals surface area contributed by atoms with Crippen LogP contribution in [0, 0.1) is 0 Å². The fourth-order valence-corrected chi connectivity index (χ4v) is 3.61. The van der Waals surface area contributed by atoms with Gasteiger partial charge < -0.3 is 5.73 Å². The van der Waals surface area contributed by atoms with E-state index in [-0.39, 0.29) is 23.3 Å². The molecule has 0 bridgehead atoms. The van der Waals surface area contributed by atoms with E-state index in [1.54, 1.807) is 0 Å². The molecule has 0 aliphatic carbocycles. The van der Waals surface area contributed by atoms with Crippen LogP contribution < -0.4 is 5.73 Å². The van der Waals surface area contributed by atoms with Crippen molar-refractivity contribution in [1.82, 2.24) is 19.2 Å². The predicted octanol–water partition coefficient (Wildman–Crippen LogP) is -0.688. The molecule has 0 radical (unpaired) electrons. The van der Waals surface area contributed by atoms with Gasteiger partial charge in [0.05, 0.1) is 18.9 Å². The summed E-state index contributed by atoms with van der Waals surface area (Å²) in [5.74, 6) is -0.419. The topological polar surface area (TPSA) is 109 Å². The van der Waals surface area contributed by atoms with E-state index < -0.39 is 15.9 Å². The zero-order valence-electron chi connectivity index (χ0n) is 11.3. The highest BCUT2D eigenvalue weighted by Gasteiger charge is 2.27. The van der Waals surface area contributed by atoms with E-state index in [0.717, 1.165) is 0 Å². The summed E-state index contributed by atoms with van der Waals surface area (Å²) in [5.41, 5.74) is 5.16. The number of amides is 1. The van der Waals surface area contributed by atoms with Crippen molar-refractivity contribution in [3.8, 4) is 0 Å². The second-order valence-corrected chi connectivity index (χ2v) is 6.96. The molecular formula is C11H16ClN5O3S. The molecule has 2 N–H and O–H groups in total. The number of carbonyl (C=O) groups is 1. The quantitative estimate of drug-likeness (QED) is 0.730. The van der Waals surface area contributed by atoms with Crippen LogP contribution in [0.25, 0.3) is 0 Å². The van der Waals surface area contributed by atoms with Crippen LogP contribution in [0.4, 0.5) is 0 Å². The number of halogens is 1. The maximum absolute atomic E-state index is 12.5. The third kappa shape index (κ3) is 4.10. The van der Waals surface area contributed by atoms with E-state index in [4.69, 9.17) is 17.3 Å². The van der Waals surface area contributed by atoms with Crippen LogP contribution in [0.5, 0.6) is 0 Å². The lowest BCUT2D eigenvalue weighted by atomic mass is 10.4. The fraction of sp³-hybridized carbons (Fsp3) is 0.545. The number of sulfonamides is 1. The zero-order chi connectivity index (χ0) is 15.5. The molecule has 0 unspecified atom stereocenters. The molecule has 0 aromatic carbocycles. The number of aromatic nitrogens is 2. The summed E-state index contributed by atoms with van der Waals surface area (Å²) in [6, 6.07) is 0. The standard InChI is InChI=1S/C11H16ClN5O3S/c12-11-14-6-9(7-15-11)21(19,20)17-3-1-2-16(4-5-17)8-10(13)18/h6-7H,1-5,8H2,(H2,13,18). The van der Waals surface area contributed by atoms with Crippen LogP contribution in [0.3, 0.4) is 0 Å². The maximum atomic E-state index is 12.5. The Hall–Kier alpha value is -1.29. The normalized spacial score (nSPS) is 18.3. The van der Waals surface area contributed by atoms with Gasteiger partial charge in [-0.15, -0.1) is 0 Å². The van der Waals surface area contributed by atoms with E-state index in [9.17, 15) is 13.2 Å². The van der Waals surface area contributed by atoms with Gasteiger partial charge in [0.1, 0.15) is 4.90 Å². The molecular weight excluding hydrogens is 318 g/mol. The molecule has 1 aliphatic heterocycles. The Balaban J connectivity index is 2.10. The van der Waals surface area contributed by atoms with Crippen LogP contribution >= 0.6 is 11.6 Å². The highest BCUT2D eigenvalue weighted by Crippen LogP contribution is 2.16. The summed E-state index contributed by atoms with van der Waals surface area (Å²) in [6.07, 6.45) is 3.01. The summed E-state index contributed by atoms with van der Waals surface area (Å²) >= 11 is 5.56. The summed E-state index contributed by atoms with van der Waals surface area (Å²) in [7, 11) is -3.65. The number of rotatable bonds is 4. The maximum Gasteiger partial charge on any atom is 0.246 e. The Morgan fingerprint density at radius 1 is 1.24 bits per heavy atom. The average Bonchev–Trinajstić information content (AvgIpc) is 2.64. The number of nitrogens with two attached hydrogens (primary N) is 1. The molecule has 1 aliphatic rings. The first-order chi connectivity index (χ1) is 9.89. The summed E-state index contributed by atoms with van der Waals surface area (Å²) in [4.78, 5) is 20.2. The first-order valence-electron chi connectivity index (χ1n) is 6.38. The van der Waals surface area contributed by atoms with Gasteiger partial charge in [0, 0.05) is 19.6 Å². The summed E-state index contributed by atoms with van der Waals surface area (Å²) in [5, 5.41) is -0.00236. The molecule has 1 fully saturated rings. The molecule has 10 heteroatoms. The second kappa shape index (κ2) is 6.65. The van der Waals surface area contributed by atoms with Crippen molar-refractivity contribution < 1.29 is 13.2 Å². The Bertz CT molecular complexity index is 607. The Morgan fingerprint density at radius 3 is 2.52 bits per heavy atom. The van der Waals surface area contributed by atoms with Gasteiger partial charge in [-0.3, -0.25) is 9.69 Å². The van der Waals surface area contributed by atoms with Crippen LogP contribution in [0.15, 0.2) is 17.3 Å². The van der Waals surface area contributed by atoms with Gasteiger partial charge in [-0.25, -0.2) is 18.4 Å². The molecule has 0 saturated carbocycles. The van der Waals surface area contributed by atoms with Crippen LogP contribution in [-0.4, -0.2) is 66.2 Å². The first kappa shape index (κ1) is 16.1. The van der Waals surface area contributed by atoms with E-state index in [1.165, 1.54) is 16.7 Å². The van der Waals surface area contributed by atoms with E-state index >= 15 is 0 Å². The molecule has 0 spiro atoms. The van der Waals surface area contributed by atoms with E-state index in [2.05, 4.69) is 9.97 Å². The highest BCUT2D eigenvalue weighted by atomic mass is 35.5. The van der Waals surface area contributed by atoms with Crippen LogP contribution in [0.2, 0.25) is 5.28 Å². The molecule has 116 valence electrons. The molecule has 2 heterocycles. The van der Waals surface area contributed by atoms with E-state index in [0.29, 0.717) is 26.1 Å². The largest absolute Gasteiger partial charge is 0.369 e. The molecule has 1 aromatic heterocycles. The first-order valence-corrected chi connectivity index (χ1v) is 8.20. The average molecular weight is 334 g/mol. The fourth-order valence-electron chi connectivity index (χ4n) is 2.15. The Morgan fingerprint density at radius 2 is 1.90 bits per heavy atom. The highest BCUT2D eigenvalue weighted by molar-refractivity contribution is 7.89. The second-order valence-electron chi connectivity index (χ2n) is 4.69. The monoisotopic (exact) mass is 333 g/mol. The Kier molecular flexibility index (Phi) is 5.09.